The number of aliphatic hydroxyl groups excluding tert-OH is 3. The molecular weight excluding hydrogens is 885 g/mol. The molecule has 0 saturated heterocycles. The molecule has 0 rings (SSSR count). The third-order valence-electron chi connectivity index (χ3n) is 11.4. The Morgan fingerprint density at radius 3 is 1.53 bits per heavy atom. The molecule has 7 unspecified atom stereocenters. The third kappa shape index (κ3) is 32.3. The summed E-state index contributed by atoms with van der Waals surface area (Å²) in [5.41, 5.74) is -1.27. The standard InChI is InChI=1S/C48H92N6O14/c1-10-20-49-43(60)17-21-64-31-48(32-65-22-18-44(61)51-26-35(6)12-3,54-46(63)16-14-15-42(59)50-25-34(5)11-2)33-66-23-19-45(62)52-27-39(13-4)24-36(7)30-67-47(40(28-55)53-38(9)58)68-41(29-56)37(8)57/h34-37,39-41,47,55-57H,10-33H2,1-9H3,(H,49,60)(H,50,59)(H,51,61)(H,52,62)(H,53,58)(H,54,63)/t34?,35?,36?,37-,39?,40+,41?,47?,48?/m1/s1. The van der Waals surface area contributed by atoms with E-state index in [1.165, 1.54) is 13.8 Å². The van der Waals surface area contributed by atoms with Gasteiger partial charge in [-0.25, -0.2) is 0 Å². The molecule has 0 aromatic rings. The summed E-state index contributed by atoms with van der Waals surface area (Å²) in [5, 5.41) is 46.8. The molecule has 6 amide bonds. The second kappa shape index (κ2) is 39.2. The number of carbonyl (C=O) groups excluding carboxylic acids is 6. The quantitative estimate of drug-likeness (QED) is 0.0312. The number of carbonyl (C=O) groups is 6. The minimum absolute atomic E-state index is 0.000568. The van der Waals surface area contributed by atoms with Gasteiger partial charge in [0.25, 0.3) is 0 Å². The van der Waals surface area contributed by atoms with E-state index in [2.05, 4.69) is 31.9 Å². The molecular formula is C48H92N6O14. The molecule has 0 aliphatic heterocycles. The predicted octanol–water partition coefficient (Wildman–Crippen LogP) is 1.85. The van der Waals surface area contributed by atoms with Crippen LogP contribution >= 0.6 is 0 Å². The normalized spacial score (nSPS) is 15.9. The number of rotatable bonds is 43. The van der Waals surface area contributed by atoms with Crippen molar-refractivity contribution < 1.29 is 67.8 Å². The van der Waals surface area contributed by atoms with Crippen LogP contribution in [0.25, 0.3) is 0 Å². The molecule has 0 aromatic carbocycles. The number of hydrogen-bond donors (Lipinski definition) is 9. The van der Waals surface area contributed by atoms with E-state index in [1.54, 1.807) is 0 Å². The molecule has 20 nitrogen and oxygen atoms in total. The summed E-state index contributed by atoms with van der Waals surface area (Å²) >= 11 is 0. The Balaban J connectivity index is 5.79. The van der Waals surface area contributed by atoms with Gasteiger partial charge in [0.15, 0.2) is 6.29 Å². The highest BCUT2D eigenvalue weighted by Crippen LogP contribution is 2.18. The van der Waals surface area contributed by atoms with Gasteiger partial charge >= 0.3 is 0 Å². The van der Waals surface area contributed by atoms with Gasteiger partial charge in [-0.1, -0.05) is 67.7 Å². The molecule has 0 saturated carbocycles. The first-order valence-corrected chi connectivity index (χ1v) is 24.9. The van der Waals surface area contributed by atoms with Gasteiger partial charge in [-0.05, 0) is 49.9 Å². The zero-order chi connectivity index (χ0) is 51.3. The van der Waals surface area contributed by atoms with Crippen LogP contribution in [0, 0.1) is 23.7 Å². The Labute approximate surface area is 406 Å². The van der Waals surface area contributed by atoms with Gasteiger partial charge in [0, 0.05) is 65.2 Å². The Hall–Kier alpha value is -3.50. The van der Waals surface area contributed by atoms with Gasteiger partial charge in [-0.15, -0.1) is 0 Å². The highest BCUT2D eigenvalue weighted by Gasteiger charge is 2.34. The lowest BCUT2D eigenvalue weighted by atomic mass is 9.94. The molecule has 0 aromatic heterocycles. The van der Waals surface area contributed by atoms with Gasteiger partial charge in [-0.2, -0.15) is 0 Å². The largest absolute Gasteiger partial charge is 0.394 e. The lowest BCUT2D eigenvalue weighted by molar-refractivity contribution is -0.218. The highest BCUT2D eigenvalue weighted by molar-refractivity contribution is 5.79. The fraction of sp³-hybridized carbons (Fsp3) is 0.875. The van der Waals surface area contributed by atoms with Crippen molar-refractivity contribution in [1.82, 2.24) is 31.9 Å². The van der Waals surface area contributed by atoms with E-state index in [4.69, 9.17) is 23.7 Å². The molecule has 0 fully saturated rings. The summed E-state index contributed by atoms with van der Waals surface area (Å²) in [5.74, 6) is -0.862. The zero-order valence-corrected chi connectivity index (χ0v) is 42.9. The summed E-state index contributed by atoms with van der Waals surface area (Å²) < 4.78 is 29.8. The Kier molecular flexibility index (Phi) is 37.2. The van der Waals surface area contributed by atoms with Crippen LogP contribution in [-0.2, 0) is 52.5 Å². The van der Waals surface area contributed by atoms with Crippen LogP contribution in [0.4, 0.5) is 0 Å². The average Bonchev–Trinajstić information content (AvgIpc) is 3.31. The van der Waals surface area contributed by atoms with Crippen LogP contribution in [0.3, 0.4) is 0 Å². The van der Waals surface area contributed by atoms with Crippen molar-refractivity contribution in [2.24, 2.45) is 23.7 Å². The number of aliphatic hydroxyl groups is 3. The lowest BCUT2D eigenvalue weighted by Crippen LogP contribution is -2.58. The molecule has 0 spiro atoms. The van der Waals surface area contributed by atoms with Crippen LogP contribution in [0.5, 0.6) is 0 Å². The van der Waals surface area contributed by atoms with Crippen LogP contribution in [0.15, 0.2) is 0 Å². The summed E-state index contributed by atoms with van der Waals surface area (Å²) in [6.07, 6.45) is 1.49. The van der Waals surface area contributed by atoms with E-state index in [1.807, 2.05) is 48.5 Å². The van der Waals surface area contributed by atoms with E-state index in [9.17, 15) is 44.1 Å². The van der Waals surface area contributed by atoms with Gasteiger partial charge in [-0.3, -0.25) is 28.8 Å². The number of nitrogens with one attached hydrogen (secondary N) is 6. The fourth-order valence-electron chi connectivity index (χ4n) is 6.52. The Morgan fingerprint density at radius 1 is 0.603 bits per heavy atom. The van der Waals surface area contributed by atoms with Gasteiger partial charge in [0.2, 0.25) is 35.4 Å². The highest BCUT2D eigenvalue weighted by atomic mass is 16.7. The van der Waals surface area contributed by atoms with Gasteiger partial charge in [0.05, 0.1) is 65.6 Å². The molecule has 9 N–H and O–H groups in total. The lowest BCUT2D eigenvalue weighted by Gasteiger charge is -2.34. The maximum atomic E-state index is 13.5. The molecule has 398 valence electrons. The second-order valence-corrected chi connectivity index (χ2v) is 18.3. The van der Waals surface area contributed by atoms with Crippen molar-refractivity contribution in [1.29, 1.82) is 0 Å². The minimum atomic E-state index is -1.27. The van der Waals surface area contributed by atoms with E-state index in [-0.39, 0.29) is 120 Å². The Morgan fingerprint density at radius 2 is 1.09 bits per heavy atom. The molecule has 0 bridgehead atoms. The van der Waals surface area contributed by atoms with E-state index in [0.717, 1.165) is 25.7 Å². The molecule has 68 heavy (non-hydrogen) atoms. The molecule has 0 heterocycles. The van der Waals surface area contributed by atoms with Crippen molar-refractivity contribution in [3.8, 4) is 0 Å². The predicted molar refractivity (Wildman–Crippen MR) is 258 cm³/mol. The summed E-state index contributed by atoms with van der Waals surface area (Å²) in [7, 11) is 0. The third-order valence-corrected chi connectivity index (χ3v) is 11.4. The average molecular weight is 977 g/mol. The van der Waals surface area contributed by atoms with Crippen LogP contribution in [-0.4, -0.2) is 166 Å². The first kappa shape index (κ1) is 64.5. The zero-order valence-electron chi connectivity index (χ0n) is 42.9. The Bertz CT molecular complexity index is 1400. The van der Waals surface area contributed by atoms with Crippen molar-refractivity contribution in [2.45, 2.75) is 163 Å². The number of hydrogen-bond acceptors (Lipinski definition) is 14. The monoisotopic (exact) mass is 977 g/mol. The molecule has 0 aliphatic rings. The second-order valence-electron chi connectivity index (χ2n) is 18.3. The van der Waals surface area contributed by atoms with Gasteiger partial charge < -0.3 is 70.9 Å². The molecule has 0 radical (unpaired) electrons. The van der Waals surface area contributed by atoms with Crippen molar-refractivity contribution >= 4 is 35.4 Å². The summed E-state index contributed by atoms with van der Waals surface area (Å²) in [6, 6.07) is -0.942. The van der Waals surface area contributed by atoms with Crippen molar-refractivity contribution in [3.63, 3.8) is 0 Å². The SMILES string of the molecule is CCCNC(=O)CCOCC(COCCC(=O)NCC(C)CC)(COCCC(=O)NCC(CC)CC(C)COC(OC(CO)[C@@H](C)O)[C@H](CO)NC(C)=O)NC(=O)CCCC(=O)NCC(C)CC. The summed E-state index contributed by atoms with van der Waals surface area (Å²) in [4.78, 5) is 75.7. The number of amides is 6. The van der Waals surface area contributed by atoms with Crippen LogP contribution < -0.4 is 31.9 Å². The topological polar surface area (TPSA) is 281 Å². The molecule has 20 heteroatoms. The van der Waals surface area contributed by atoms with E-state index >= 15 is 0 Å². The first-order chi connectivity index (χ1) is 32.4. The van der Waals surface area contributed by atoms with Crippen molar-refractivity contribution in [3.05, 3.63) is 0 Å². The van der Waals surface area contributed by atoms with Crippen LogP contribution in [0.2, 0.25) is 0 Å². The maximum Gasteiger partial charge on any atom is 0.222 e. The molecule has 9 atom stereocenters. The first-order valence-electron chi connectivity index (χ1n) is 24.9. The summed E-state index contributed by atoms with van der Waals surface area (Å²) in [6.45, 7) is 17.7. The van der Waals surface area contributed by atoms with E-state index in [0.29, 0.717) is 50.9 Å². The van der Waals surface area contributed by atoms with Gasteiger partial charge in [0.1, 0.15) is 17.7 Å². The van der Waals surface area contributed by atoms with Crippen molar-refractivity contribution in [2.75, 3.05) is 85.6 Å². The number of ether oxygens (including phenoxy) is 5. The fourth-order valence-corrected chi connectivity index (χ4v) is 6.52. The van der Waals surface area contributed by atoms with Crippen LogP contribution in [0.1, 0.15) is 133 Å². The van der Waals surface area contributed by atoms with E-state index < -0.39 is 49.2 Å². The maximum absolute atomic E-state index is 13.5. The smallest absolute Gasteiger partial charge is 0.222 e. The minimum Gasteiger partial charge on any atom is -0.394 e. The molecule has 0 aliphatic carbocycles.